The van der Waals surface area contributed by atoms with E-state index in [1.54, 1.807) is 9.80 Å². The van der Waals surface area contributed by atoms with Crippen molar-refractivity contribution in [2.75, 3.05) is 65.7 Å². The zero-order valence-electron chi connectivity index (χ0n) is 23.6. The predicted molar refractivity (Wildman–Crippen MR) is 144 cm³/mol. The summed E-state index contributed by atoms with van der Waals surface area (Å²) >= 11 is 0. The van der Waals surface area contributed by atoms with Crippen LogP contribution in [0.4, 0.5) is 0 Å². The molecule has 6 atom stereocenters. The predicted octanol–water partition coefficient (Wildman–Crippen LogP) is -0.407. The number of nitrogens with zero attached hydrogens (tertiary/aromatic N) is 4. The van der Waals surface area contributed by atoms with Crippen molar-refractivity contribution >= 4 is 35.4 Å². The normalized spacial score (nSPS) is 35.9. The summed E-state index contributed by atoms with van der Waals surface area (Å²) in [6.07, 6.45) is 5.12. The molecule has 12 nitrogen and oxygen atoms in total. The molecule has 0 radical (unpaired) electrons. The van der Waals surface area contributed by atoms with E-state index in [1.807, 2.05) is 12.2 Å². The number of hydrogen-bond acceptors (Lipinski definition) is 8. The summed E-state index contributed by atoms with van der Waals surface area (Å²) in [5, 5.41) is 0. The van der Waals surface area contributed by atoms with E-state index in [-0.39, 0.29) is 99.6 Å². The number of fused-ring (bicyclic) bond motifs is 4. The maximum absolute atomic E-state index is 13.4. The van der Waals surface area contributed by atoms with Crippen molar-refractivity contribution in [3.05, 3.63) is 23.3 Å². The Hall–Kier alpha value is -3.38. The third-order valence-electron chi connectivity index (χ3n) is 10.4. The Morgan fingerprint density at radius 2 is 0.976 bits per heavy atom. The van der Waals surface area contributed by atoms with E-state index in [2.05, 4.69) is 0 Å². The van der Waals surface area contributed by atoms with E-state index < -0.39 is 23.7 Å². The van der Waals surface area contributed by atoms with Crippen LogP contribution in [0.25, 0.3) is 0 Å². The first-order chi connectivity index (χ1) is 20.3. The van der Waals surface area contributed by atoms with Crippen molar-refractivity contribution in [2.45, 2.75) is 25.7 Å². The quantitative estimate of drug-likeness (QED) is 0.279. The Balaban J connectivity index is 1.07. The van der Waals surface area contributed by atoms with Gasteiger partial charge in [-0.15, -0.1) is 0 Å². The fourth-order valence-corrected chi connectivity index (χ4v) is 8.20. The van der Waals surface area contributed by atoms with Crippen LogP contribution in [0, 0.1) is 35.5 Å². The summed E-state index contributed by atoms with van der Waals surface area (Å²) in [7, 11) is 0. The number of amides is 6. The van der Waals surface area contributed by atoms with Crippen molar-refractivity contribution < 1.29 is 38.2 Å². The molecule has 0 spiro atoms. The maximum Gasteiger partial charge on any atom is 0.233 e. The van der Waals surface area contributed by atoms with Crippen LogP contribution in [0.3, 0.4) is 0 Å². The molecule has 2 aliphatic carbocycles. The summed E-state index contributed by atoms with van der Waals surface area (Å²) in [4.78, 5) is 85.3. The molecule has 0 unspecified atom stereocenters. The molecule has 42 heavy (non-hydrogen) atoms. The summed E-state index contributed by atoms with van der Waals surface area (Å²) in [5.41, 5.74) is 2.04. The third kappa shape index (κ3) is 4.41. The van der Waals surface area contributed by atoms with Gasteiger partial charge in [0, 0.05) is 50.9 Å². The average molecular weight is 581 g/mol. The second kappa shape index (κ2) is 10.7. The third-order valence-corrected chi connectivity index (χ3v) is 10.4. The molecule has 0 saturated carbocycles. The van der Waals surface area contributed by atoms with E-state index in [9.17, 15) is 28.8 Å². The molecule has 7 aliphatic rings. The number of carbonyl (C=O) groups is 6. The molecular weight excluding hydrogens is 544 g/mol. The van der Waals surface area contributed by atoms with Gasteiger partial charge >= 0.3 is 0 Å². The van der Waals surface area contributed by atoms with Gasteiger partial charge in [0.1, 0.15) is 0 Å². The smallest absolute Gasteiger partial charge is 0.233 e. The second-order valence-electron chi connectivity index (χ2n) is 12.4. The largest absolute Gasteiger partial charge is 0.377 e. The lowest BCUT2D eigenvalue weighted by molar-refractivity contribution is -0.143. The number of hydrogen-bond donors (Lipinski definition) is 0. The summed E-state index contributed by atoms with van der Waals surface area (Å²) in [6.45, 7) is 2.76. The Morgan fingerprint density at radius 1 is 0.548 bits per heavy atom. The zero-order valence-corrected chi connectivity index (χ0v) is 23.6. The molecule has 6 amide bonds. The molecule has 5 aliphatic heterocycles. The van der Waals surface area contributed by atoms with Gasteiger partial charge < -0.3 is 19.3 Å². The van der Waals surface area contributed by atoms with Gasteiger partial charge in [0.05, 0.1) is 63.2 Å². The molecule has 224 valence electrons. The lowest BCUT2D eigenvalue weighted by Crippen LogP contribution is -2.37. The first-order valence-electron chi connectivity index (χ1n) is 15.1. The van der Waals surface area contributed by atoms with E-state index in [4.69, 9.17) is 9.47 Å². The Labute approximate surface area is 243 Å². The van der Waals surface area contributed by atoms with Crippen LogP contribution in [0.2, 0.25) is 0 Å². The molecule has 7 rings (SSSR count). The van der Waals surface area contributed by atoms with E-state index in [0.29, 0.717) is 39.0 Å². The Kier molecular flexibility index (Phi) is 7.00. The van der Waals surface area contributed by atoms with Gasteiger partial charge in [-0.2, -0.15) is 0 Å². The standard InChI is InChI=1S/C30H36N4O8/c35-23-5-6-24(36)32-14-18-2-4-20-26(22(18)16-32)30(40)34(28(20)38)8-10-42-12-11-41-9-7-33-27(37)19-3-1-17-13-31(23)15-21(17)25(19)29(33)39/h1-2,19-22,25-26H,3-16H2/t19-,20-,21+,22+,25-,26-/m1/s1. The van der Waals surface area contributed by atoms with Crippen LogP contribution in [-0.2, 0) is 38.2 Å². The highest BCUT2D eigenvalue weighted by atomic mass is 16.5. The number of rotatable bonds is 0. The molecule has 8 bridgehead atoms. The molecule has 12 heteroatoms. The van der Waals surface area contributed by atoms with Crippen molar-refractivity contribution in [3.63, 3.8) is 0 Å². The monoisotopic (exact) mass is 580 g/mol. The van der Waals surface area contributed by atoms with Crippen molar-refractivity contribution in [1.82, 2.24) is 19.6 Å². The minimum Gasteiger partial charge on any atom is -0.377 e. The first kappa shape index (κ1) is 27.5. The number of imide groups is 2. The van der Waals surface area contributed by atoms with Gasteiger partial charge in [-0.25, -0.2) is 0 Å². The lowest BCUT2D eigenvalue weighted by atomic mass is 9.74. The van der Waals surface area contributed by atoms with Crippen LogP contribution in [-0.4, -0.2) is 121 Å². The van der Waals surface area contributed by atoms with Crippen molar-refractivity contribution in [3.8, 4) is 0 Å². The van der Waals surface area contributed by atoms with Crippen LogP contribution in [0.15, 0.2) is 23.3 Å². The van der Waals surface area contributed by atoms with Gasteiger partial charge in [-0.05, 0) is 24.0 Å². The number of allylic oxidation sites excluding steroid dienone is 2. The summed E-state index contributed by atoms with van der Waals surface area (Å²) in [6, 6.07) is 0. The molecule has 0 aromatic rings. The van der Waals surface area contributed by atoms with E-state index >= 15 is 0 Å². The fourth-order valence-electron chi connectivity index (χ4n) is 8.20. The minimum absolute atomic E-state index is 0.0563. The van der Waals surface area contributed by atoms with Crippen LogP contribution >= 0.6 is 0 Å². The van der Waals surface area contributed by atoms with Crippen molar-refractivity contribution in [2.24, 2.45) is 35.5 Å². The van der Waals surface area contributed by atoms with Crippen LogP contribution in [0.5, 0.6) is 0 Å². The Morgan fingerprint density at radius 3 is 1.40 bits per heavy atom. The minimum atomic E-state index is -0.466. The molecule has 5 saturated heterocycles. The van der Waals surface area contributed by atoms with Gasteiger partial charge in [-0.3, -0.25) is 38.6 Å². The maximum atomic E-state index is 13.4. The zero-order chi connectivity index (χ0) is 29.1. The van der Waals surface area contributed by atoms with Crippen LogP contribution < -0.4 is 0 Å². The SMILES string of the molecule is O=C1CCC(=O)N2CC3=CC[C@H]4C(=O)N(CCOCCOCCN5C(=O)[C@@H]6[C@@H](CC=C7CN1C[C@@H]76)C5=O)C(=O)[C@H]4[C@H]3C2. The number of ether oxygens (including phenoxy) is 2. The molecule has 0 N–H and O–H groups in total. The first-order valence-corrected chi connectivity index (χ1v) is 15.1. The fraction of sp³-hybridized carbons (Fsp3) is 0.667. The molecular formula is C30H36N4O8. The van der Waals surface area contributed by atoms with E-state index in [1.165, 1.54) is 9.80 Å². The lowest BCUT2D eigenvalue weighted by Gasteiger charge is -2.26. The topological polar surface area (TPSA) is 134 Å². The highest BCUT2D eigenvalue weighted by Crippen LogP contribution is 2.46. The highest BCUT2D eigenvalue weighted by Gasteiger charge is 2.56. The molecule has 0 aromatic heterocycles. The molecule has 5 fully saturated rings. The second-order valence-corrected chi connectivity index (χ2v) is 12.4. The highest BCUT2D eigenvalue weighted by molar-refractivity contribution is 6.06. The van der Waals surface area contributed by atoms with Gasteiger partial charge in [0.2, 0.25) is 35.4 Å². The summed E-state index contributed by atoms with van der Waals surface area (Å²) < 4.78 is 11.3. The van der Waals surface area contributed by atoms with Gasteiger partial charge in [0.15, 0.2) is 0 Å². The molecule has 5 heterocycles. The van der Waals surface area contributed by atoms with Gasteiger partial charge in [-0.1, -0.05) is 12.2 Å². The average Bonchev–Trinajstić information content (AvgIpc) is 3.72. The van der Waals surface area contributed by atoms with E-state index in [0.717, 1.165) is 11.1 Å². The van der Waals surface area contributed by atoms with Crippen LogP contribution in [0.1, 0.15) is 25.7 Å². The number of carbonyl (C=O) groups excluding carboxylic acids is 6. The van der Waals surface area contributed by atoms with Crippen molar-refractivity contribution in [1.29, 1.82) is 0 Å². The summed E-state index contributed by atoms with van der Waals surface area (Å²) in [5.74, 6) is -3.19. The van der Waals surface area contributed by atoms with Gasteiger partial charge in [0.25, 0.3) is 0 Å². The Bertz CT molecular complexity index is 1210. The molecule has 0 aromatic carbocycles.